The van der Waals surface area contributed by atoms with E-state index >= 15 is 0 Å². The highest BCUT2D eigenvalue weighted by molar-refractivity contribution is 7.89. The first kappa shape index (κ1) is 22.8. The molecule has 0 saturated carbocycles. The number of benzene rings is 2. The van der Waals surface area contributed by atoms with Gasteiger partial charge in [-0.25, -0.2) is 8.42 Å². The van der Waals surface area contributed by atoms with Gasteiger partial charge in [0.1, 0.15) is 5.75 Å². The summed E-state index contributed by atoms with van der Waals surface area (Å²) < 4.78 is 38.3. The van der Waals surface area contributed by atoms with Crippen LogP contribution < -0.4 is 10.1 Å². The highest BCUT2D eigenvalue weighted by Crippen LogP contribution is 2.28. The molecule has 1 aromatic heterocycles. The first-order valence-corrected chi connectivity index (χ1v) is 11.7. The van der Waals surface area contributed by atoms with E-state index in [4.69, 9.17) is 9.26 Å². The Morgan fingerprint density at radius 1 is 1.10 bits per heavy atom. The van der Waals surface area contributed by atoms with E-state index in [1.54, 1.807) is 19.1 Å². The van der Waals surface area contributed by atoms with Crippen LogP contribution in [0.4, 0.5) is 5.69 Å². The molecule has 0 aliphatic carbocycles. The topological polar surface area (TPSA) is 97.6 Å². The van der Waals surface area contributed by atoms with Crippen LogP contribution in [0, 0.1) is 6.92 Å². The van der Waals surface area contributed by atoms with Crippen LogP contribution in [-0.2, 0) is 16.6 Å². The summed E-state index contributed by atoms with van der Waals surface area (Å²) in [6.45, 7) is 9.00. The number of aromatic nitrogens is 2. The summed E-state index contributed by atoms with van der Waals surface area (Å²) in [4.78, 5) is 4.73. The van der Waals surface area contributed by atoms with Crippen LogP contribution in [0.5, 0.6) is 5.75 Å². The zero-order valence-electron chi connectivity index (χ0n) is 18.3. The van der Waals surface area contributed by atoms with Gasteiger partial charge in [-0.1, -0.05) is 37.2 Å². The second-order valence-corrected chi connectivity index (χ2v) is 8.77. The quantitative estimate of drug-likeness (QED) is 0.503. The summed E-state index contributed by atoms with van der Waals surface area (Å²) in [6.07, 6.45) is 0. The first-order valence-electron chi connectivity index (χ1n) is 10.3. The maximum absolute atomic E-state index is 12.9. The highest BCUT2D eigenvalue weighted by atomic mass is 32.2. The van der Waals surface area contributed by atoms with Crippen molar-refractivity contribution in [2.45, 2.75) is 39.1 Å². The molecule has 166 valence electrons. The van der Waals surface area contributed by atoms with Gasteiger partial charge in [-0.15, -0.1) is 0 Å². The molecule has 0 bridgehead atoms. The summed E-state index contributed by atoms with van der Waals surface area (Å²) in [5.41, 5.74) is 2.11. The molecular weight excluding hydrogens is 416 g/mol. The Morgan fingerprint density at radius 2 is 1.84 bits per heavy atom. The molecule has 8 nitrogen and oxygen atoms in total. The van der Waals surface area contributed by atoms with E-state index in [9.17, 15) is 8.42 Å². The molecule has 0 fully saturated rings. The third-order valence-electron chi connectivity index (χ3n) is 4.85. The Hall–Kier alpha value is -2.91. The Balaban J connectivity index is 1.78. The maximum Gasteiger partial charge on any atom is 0.246 e. The van der Waals surface area contributed by atoms with Crippen molar-refractivity contribution in [1.82, 2.24) is 14.4 Å². The number of rotatable bonds is 10. The monoisotopic (exact) mass is 444 g/mol. The van der Waals surface area contributed by atoms with Gasteiger partial charge in [-0.2, -0.15) is 9.29 Å². The second kappa shape index (κ2) is 9.93. The van der Waals surface area contributed by atoms with Crippen molar-refractivity contribution < 1.29 is 17.7 Å². The number of para-hydroxylation sites is 1. The van der Waals surface area contributed by atoms with Gasteiger partial charge in [-0.05, 0) is 43.7 Å². The lowest BCUT2D eigenvalue weighted by molar-refractivity contribution is 0.341. The number of nitrogens with zero attached hydrogens (tertiary/aromatic N) is 3. The van der Waals surface area contributed by atoms with E-state index < -0.39 is 10.0 Å². The molecule has 9 heteroatoms. The molecule has 31 heavy (non-hydrogen) atoms. The van der Waals surface area contributed by atoms with Gasteiger partial charge in [0.25, 0.3) is 0 Å². The average Bonchev–Trinajstić information content (AvgIpc) is 3.23. The summed E-state index contributed by atoms with van der Waals surface area (Å²) in [7, 11) is -3.55. The summed E-state index contributed by atoms with van der Waals surface area (Å²) in [6, 6.07) is 12.8. The Kier molecular flexibility index (Phi) is 7.29. The van der Waals surface area contributed by atoms with E-state index in [0.717, 1.165) is 5.56 Å². The highest BCUT2D eigenvalue weighted by Gasteiger charge is 2.24. The average molecular weight is 445 g/mol. The molecular formula is C22H28N4O4S. The molecule has 2 aromatic carbocycles. The molecule has 0 amide bonds. The van der Waals surface area contributed by atoms with E-state index in [0.29, 0.717) is 48.4 Å². The van der Waals surface area contributed by atoms with Gasteiger partial charge in [0, 0.05) is 18.8 Å². The minimum atomic E-state index is -3.55. The summed E-state index contributed by atoms with van der Waals surface area (Å²) in [5.74, 6) is 1.51. The molecule has 0 atom stereocenters. The number of ether oxygens (including phenoxy) is 1. The minimum absolute atomic E-state index is 0.262. The van der Waals surface area contributed by atoms with Gasteiger partial charge >= 0.3 is 0 Å². The predicted molar refractivity (Wildman–Crippen MR) is 120 cm³/mol. The fourth-order valence-electron chi connectivity index (χ4n) is 3.24. The standard InChI is InChI=1S/C22H28N4O4S/c1-5-26(6-2)31(27,28)20-14-17(13-12-16(20)4)23-15-21-24-22(25-30-21)18-10-8-9-11-19(18)29-7-3/h8-14,23H,5-7,15H2,1-4H3. The van der Waals surface area contributed by atoms with Crippen LogP contribution in [-0.4, -0.2) is 42.6 Å². The van der Waals surface area contributed by atoms with Crippen molar-refractivity contribution in [3.63, 3.8) is 0 Å². The van der Waals surface area contributed by atoms with Gasteiger partial charge in [0.05, 0.1) is 23.6 Å². The molecule has 3 aromatic rings. The van der Waals surface area contributed by atoms with E-state index in [1.165, 1.54) is 4.31 Å². The van der Waals surface area contributed by atoms with Crippen molar-refractivity contribution in [3.8, 4) is 17.1 Å². The fourth-order valence-corrected chi connectivity index (χ4v) is 4.95. The van der Waals surface area contributed by atoms with Crippen molar-refractivity contribution in [2.75, 3.05) is 25.0 Å². The van der Waals surface area contributed by atoms with Crippen molar-refractivity contribution in [3.05, 3.63) is 53.9 Å². The lowest BCUT2D eigenvalue weighted by atomic mass is 10.2. The van der Waals surface area contributed by atoms with Gasteiger partial charge < -0.3 is 14.6 Å². The SMILES string of the molecule is CCOc1ccccc1-c1noc(CNc2ccc(C)c(S(=O)(=O)N(CC)CC)c2)n1. The third kappa shape index (κ3) is 5.05. The Labute approximate surface area is 183 Å². The Morgan fingerprint density at radius 3 is 2.55 bits per heavy atom. The molecule has 0 aliphatic heterocycles. The molecule has 0 aliphatic rings. The van der Waals surface area contributed by atoms with E-state index in [2.05, 4.69) is 15.5 Å². The number of hydrogen-bond acceptors (Lipinski definition) is 7. The molecule has 0 saturated heterocycles. The number of hydrogen-bond donors (Lipinski definition) is 1. The zero-order valence-corrected chi connectivity index (χ0v) is 19.1. The van der Waals surface area contributed by atoms with Crippen LogP contribution in [0.15, 0.2) is 51.9 Å². The molecule has 0 unspecified atom stereocenters. The molecule has 3 rings (SSSR count). The number of anilines is 1. The first-order chi connectivity index (χ1) is 14.9. The Bertz CT molecular complexity index is 1120. The normalized spacial score (nSPS) is 11.6. The summed E-state index contributed by atoms with van der Waals surface area (Å²) >= 11 is 0. The number of sulfonamides is 1. The molecule has 1 N–H and O–H groups in total. The van der Waals surface area contributed by atoms with E-state index in [1.807, 2.05) is 51.1 Å². The smallest absolute Gasteiger partial charge is 0.246 e. The minimum Gasteiger partial charge on any atom is -0.493 e. The maximum atomic E-state index is 12.9. The largest absolute Gasteiger partial charge is 0.493 e. The lowest BCUT2D eigenvalue weighted by Gasteiger charge is -2.20. The predicted octanol–water partition coefficient (Wildman–Crippen LogP) is 4.09. The molecule has 0 radical (unpaired) electrons. The fraction of sp³-hybridized carbons (Fsp3) is 0.364. The van der Waals surface area contributed by atoms with E-state index in [-0.39, 0.29) is 11.4 Å². The van der Waals surface area contributed by atoms with Crippen LogP contribution >= 0.6 is 0 Å². The second-order valence-electron chi connectivity index (χ2n) is 6.86. The van der Waals surface area contributed by atoms with Crippen LogP contribution in [0.1, 0.15) is 32.2 Å². The van der Waals surface area contributed by atoms with Crippen molar-refractivity contribution >= 4 is 15.7 Å². The summed E-state index contributed by atoms with van der Waals surface area (Å²) in [5, 5.41) is 7.22. The number of aryl methyl sites for hydroxylation is 1. The van der Waals surface area contributed by atoms with Gasteiger partial charge in [0.15, 0.2) is 0 Å². The van der Waals surface area contributed by atoms with Crippen LogP contribution in [0.25, 0.3) is 11.4 Å². The van der Waals surface area contributed by atoms with Crippen LogP contribution in [0.2, 0.25) is 0 Å². The molecule has 1 heterocycles. The zero-order chi connectivity index (χ0) is 22.4. The molecule has 0 spiro atoms. The number of nitrogens with one attached hydrogen (secondary N) is 1. The lowest BCUT2D eigenvalue weighted by Crippen LogP contribution is -2.31. The third-order valence-corrected chi connectivity index (χ3v) is 7.04. The van der Waals surface area contributed by atoms with Crippen LogP contribution in [0.3, 0.4) is 0 Å². The van der Waals surface area contributed by atoms with Crippen molar-refractivity contribution in [2.24, 2.45) is 0 Å². The van der Waals surface area contributed by atoms with Gasteiger partial charge in [0.2, 0.25) is 21.7 Å². The van der Waals surface area contributed by atoms with Gasteiger partial charge in [-0.3, -0.25) is 0 Å². The van der Waals surface area contributed by atoms with Crippen molar-refractivity contribution in [1.29, 1.82) is 0 Å².